The first-order valence-corrected chi connectivity index (χ1v) is 7.34. The van der Waals surface area contributed by atoms with Gasteiger partial charge in [-0.3, -0.25) is 0 Å². The van der Waals surface area contributed by atoms with Gasteiger partial charge in [0.2, 0.25) is 0 Å². The fourth-order valence-corrected chi connectivity index (χ4v) is 4.59. The molecule has 4 rings (SSSR count). The molecule has 18 heavy (non-hydrogen) atoms. The number of rotatable bonds is 0. The molecule has 3 aliphatic carbocycles. The Bertz CT molecular complexity index is 514. The summed E-state index contributed by atoms with van der Waals surface area (Å²) in [6.07, 6.45) is 10.5. The highest BCUT2D eigenvalue weighted by molar-refractivity contribution is 5.46. The molecule has 0 aromatic heterocycles. The molecule has 0 spiro atoms. The van der Waals surface area contributed by atoms with Crippen LogP contribution in [-0.2, 0) is 6.42 Å². The molecule has 0 saturated heterocycles. The molecule has 2 saturated carbocycles. The largest absolute Gasteiger partial charge is 0.508 e. The van der Waals surface area contributed by atoms with Crippen LogP contribution in [0.1, 0.15) is 49.1 Å². The molecule has 2 fully saturated rings. The van der Waals surface area contributed by atoms with Gasteiger partial charge >= 0.3 is 0 Å². The van der Waals surface area contributed by atoms with E-state index in [1.165, 1.54) is 43.2 Å². The highest BCUT2D eigenvalue weighted by Crippen LogP contribution is 2.53. The van der Waals surface area contributed by atoms with Crippen molar-refractivity contribution in [3.8, 4) is 5.75 Å². The van der Waals surface area contributed by atoms with Gasteiger partial charge in [0.25, 0.3) is 0 Å². The minimum Gasteiger partial charge on any atom is -0.508 e. The number of aromatic hydroxyl groups is 1. The number of hydrogen-bond donors (Lipinski definition) is 1. The van der Waals surface area contributed by atoms with E-state index in [4.69, 9.17) is 0 Å². The monoisotopic (exact) mass is 240 g/mol. The maximum Gasteiger partial charge on any atom is 0.115 e. The molecular weight excluding hydrogens is 220 g/mol. The zero-order chi connectivity index (χ0) is 12.1. The van der Waals surface area contributed by atoms with Gasteiger partial charge < -0.3 is 5.11 Å². The molecule has 1 nitrogen and oxygen atoms in total. The minimum absolute atomic E-state index is 0.417. The predicted molar refractivity (Wildman–Crippen MR) is 72.7 cm³/mol. The lowest BCUT2D eigenvalue weighted by molar-refractivity contribution is 0.323. The number of phenols is 1. The topological polar surface area (TPSA) is 20.2 Å². The number of allylic oxidation sites excluding steroid dienone is 2. The standard InChI is InChI=1S/C17H20O/c18-13-6-9-15-12(10-13)5-8-16-14-3-1-2-11(14)4-7-17(15)16/h6,8-11,14,17-18H,1-5,7H2. The van der Waals surface area contributed by atoms with Crippen LogP contribution < -0.4 is 0 Å². The smallest absolute Gasteiger partial charge is 0.115 e. The van der Waals surface area contributed by atoms with Gasteiger partial charge in [0.15, 0.2) is 0 Å². The highest BCUT2D eigenvalue weighted by atomic mass is 16.3. The fourth-order valence-electron chi connectivity index (χ4n) is 4.59. The Morgan fingerprint density at radius 3 is 2.94 bits per heavy atom. The average Bonchev–Trinajstić information content (AvgIpc) is 2.86. The number of benzene rings is 1. The normalized spacial score (nSPS) is 33.3. The lowest BCUT2D eigenvalue weighted by Crippen LogP contribution is -2.25. The fraction of sp³-hybridized carbons (Fsp3) is 0.529. The van der Waals surface area contributed by atoms with Crippen LogP contribution in [-0.4, -0.2) is 5.11 Å². The molecule has 1 N–H and O–H groups in total. The lowest BCUT2D eigenvalue weighted by Gasteiger charge is -2.38. The van der Waals surface area contributed by atoms with Gasteiger partial charge in [-0.2, -0.15) is 0 Å². The Morgan fingerprint density at radius 2 is 2.00 bits per heavy atom. The minimum atomic E-state index is 0.417. The van der Waals surface area contributed by atoms with E-state index in [1.807, 2.05) is 12.1 Å². The van der Waals surface area contributed by atoms with E-state index in [0.717, 1.165) is 18.3 Å². The summed E-state index contributed by atoms with van der Waals surface area (Å²) in [5, 5.41) is 9.61. The summed E-state index contributed by atoms with van der Waals surface area (Å²) in [5.41, 5.74) is 4.58. The molecule has 94 valence electrons. The molecule has 3 aliphatic rings. The van der Waals surface area contributed by atoms with Crippen LogP contribution in [0.2, 0.25) is 0 Å². The average molecular weight is 240 g/mol. The Labute approximate surface area is 109 Å². The van der Waals surface area contributed by atoms with Gasteiger partial charge in [0, 0.05) is 5.92 Å². The Kier molecular flexibility index (Phi) is 2.30. The van der Waals surface area contributed by atoms with Crippen LogP contribution in [0.5, 0.6) is 5.75 Å². The Hall–Kier alpha value is -1.24. The van der Waals surface area contributed by atoms with E-state index >= 15 is 0 Å². The van der Waals surface area contributed by atoms with E-state index in [0.29, 0.717) is 11.7 Å². The van der Waals surface area contributed by atoms with Gasteiger partial charge in [-0.15, -0.1) is 0 Å². The third-order valence-corrected chi connectivity index (χ3v) is 5.38. The van der Waals surface area contributed by atoms with Gasteiger partial charge in [-0.1, -0.05) is 24.1 Å². The van der Waals surface area contributed by atoms with Crippen LogP contribution in [0.25, 0.3) is 0 Å². The van der Waals surface area contributed by atoms with Crippen molar-refractivity contribution < 1.29 is 5.11 Å². The quantitative estimate of drug-likeness (QED) is 0.675. The second kappa shape index (κ2) is 3.88. The first-order valence-electron chi connectivity index (χ1n) is 7.34. The van der Waals surface area contributed by atoms with Crippen molar-refractivity contribution >= 4 is 0 Å². The zero-order valence-electron chi connectivity index (χ0n) is 10.7. The first kappa shape index (κ1) is 10.7. The summed E-state index contributed by atoms with van der Waals surface area (Å²) in [7, 11) is 0. The maximum atomic E-state index is 9.61. The van der Waals surface area contributed by atoms with Crippen LogP contribution in [0, 0.1) is 11.8 Å². The van der Waals surface area contributed by atoms with E-state index in [1.54, 1.807) is 5.57 Å². The Balaban J connectivity index is 1.75. The highest BCUT2D eigenvalue weighted by Gasteiger charge is 2.39. The van der Waals surface area contributed by atoms with Crippen molar-refractivity contribution in [3.63, 3.8) is 0 Å². The van der Waals surface area contributed by atoms with E-state index in [9.17, 15) is 5.11 Å². The van der Waals surface area contributed by atoms with Crippen molar-refractivity contribution in [1.29, 1.82) is 0 Å². The number of hydrogen-bond acceptors (Lipinski definition) is 1. The van der Waals surface area contributed by atoms with Crippen molar-refractivity contribution in [1.82, 2.24) is 0 Å². The molecule has 0 radical (unpaired) electrons. The molecule has 1 aromatic rings. The van der Waals surface area contributed by atoms with Crippen molar-refractivity contribution in [2.75, 3.05) is 0 Å². The van der Waals surface area contributed by atoms with Crippen molar-refractivity contribution in [3.05, 3.63) is 41.0 Å². The van der Waals surface area contributed by atoms with Crippen molar-refractivity contribution in [2.45, 2.75) is 44.4 Å². The van der Waals surface area contributed by atoms with Crippen molar-refractivity contribution in [2.24, 2.45) is 11.8 Å². The van der Waals surface area contributed by atoms with Crippen LogP contribution in [0.3, 0.4) is 0 Å². The van der Waals surface area contributed by atoms with Crippen LogP contribution in [0.15, 0.2) is 29.8 Å². The molecule has 1 aromatic carbocycles. The molecule has 0 heterocycles. The van der Waals surface area contributed by atoms with Gasteiger partial charge in [-0.25, -0.2) is 0 Å². The van der Waals surface area contributed by atoms with E-state index in [-0.39, 0.29) is 0 Å². The SMILES string of the molecule is Oc1ccc2c(c1)CC=C1C2CCC2CCCC12. The van der Waals surface area contributed by atoms with E-state index in [2.05, 4.69) is 12.1 Å². The molecule has 3 unspecified atom stereocenters. The van der Waals surface area contributed by atoms with Gasteiger partial charge in [0.1, 0.15) is 5.75 Å². The summed E-state index contributed by atoms with van der Waals surface area (Å²) in [6.45, 7) is 0. The third-order valence-electron chi connectivity index (χ3n) is 5.38. The lowest BCUT2D eigenvalue weighted by atomic mass is 9.66. The third kappa shape index (κ3) is 1.46. The summed E-state index contributed by atoms with van der Waals surface area (Å²) in [4.78, 5) is 0. The molecule has 0 amide bonds. The summed E-state index contributed by atoms with van der Waals surface area (Å²) in [6, 6.07) is 5.99. The number of fused-ring (bicyclic) bond motifs is 5. The second-order valence-corrected chi connectivity index (χ2v) is 6.22. The maximum absolute atomic E-state index is 9.61. The first-order chi connectivity index (χ1) is 8.83. The number of phenolic OH excluding ortho intramolecular Hbond substituents is 1. The van der Waals surface area contributed by atoms with Gasteiger partial charge in [-0.05, 0) is 67.2 Å². The molecule has 0 aliphatic heterocycles. The predicted octanol–water partition coefficient (Wildman–Crippen LogP) is 4.17. The summed E-state index contributed by atoms with van der Waals surface area (Å²) in [5.74, 6) is 2.94. The van der Waals surface area contributed by atoms with Crippen LogP contribution in [0.4, 0.5) is 0 Å². The zero-order valence-corrected chi connectivity index (χ0v) is 10.7. The van der Waals surface area contributed by atoms with Crippen LogP contribution >= 0.6 is 0 Å². The molecule has 0 bridgehead atoms. The summed E-state index contributed by atoms with van der Waals surface area (Å²) < 4.78 is 0. The van der Waals surface area contributed by atoms with E-state index < -0.39 is 0 Å². The summed E-state index contributed by atoms with van der Waals surface area (Å²) >= 11 is 0. The molecule has 1 heteroatoms. The molecule has 3 atom stereocenters. The Morgan fingerprint density at radius 1 is 1.06 bits per heavy atom. The van der Waals surface area contributed by atoms with Gasteiger partial charge in [0.05, 0.1) is 0 Å². The molecular formula is C17H20O. The second-order valence-electron chi connectivity index (χ2n) is 6.22.